The summed E-state index contributed by atoms with van der Waals surface area (Å²) in [5.74, 6) is 0. The largest absolute Gasteiger partial charge is 0.494 e. The highest BCUT2D eigenvalue weighted by Crippen LogP contribution is 2.38. The van der Waals surface area contributed by atoms with Gasteiger partial charge in [-0.3, -0.25) is 0 Å². The van der Waals surface area contributed by atoms with Crippen LogP contribution in [-0.4, -0.2) is 18.3 Å². The monoisotopic (exact) mass is 744 g/mol. The van der Waals surface area contributed by atoms with Gasteiger partial charge in [0.15, 0.2) is 0 Å². The van der Waals surface area contributed by atoms with Crippen molar-refractivity contribution in [2.24, 2.45) is 0 Å². The molecule has 0 amide bonds. The molecule has 0 N–H and O–H groups in total. The summed E-state index contributed by atoms with van der Waals surface area (Å²) in [5, 5.41) is 4.51. The first-order valence-electron chi connectivity index (χ1n) is 12.3. The van der Waals surface area contributed by atoms with Crippen molar-refractivity contribution in [3.63, 3.8) is 0 Å². The molecule has 1 fully saturated rings. The van der Waals surface area contributed by atoms with Crippen LogP contribution in [0.25, 0.3) is 43.9 Å². The summed E-state index contributed by atoms with van der Waals surface area (Å²) in [6, 6.07) is 24.5. The van der Waals surface area contributed by atoms with E-state index in [1.165, 1.54) is 8.96 Å². The Hall–Kier alpha value is -1.85. The summed E-state index contributed by atoms with van der Waals surface area (Å²) in [4.78, 5) is 0. The van der Waals surface area contributed by atoms with Gasteiger partial charge < -0.3 is 18.1 Å². The van der Waals surface area contributed by atoms with Crippen molar-refractivity contribution in [1.29, 1.82) is 0 Å². The molecule has 8 heteroatoms. The molecule has 0 unspecified atom stereocenters. The van der Waals surface area contributed by atoms with Crippen molar-refractivity contribution in [2.75, 3.05) is 0 Å². The third-order valence-corrected chi connectivity index (χ3v) is 9.33. The van der Waals surface area contributed by atoms with Crippen molar-refractivity contribution in [3.05, 3.63) is 85.3 Å². The van der Waals surface area contributed by atoms with Gasteiger partial charge in [0.25, 0.3) is 0 Å². The first kappa shape index (κ1) is 26.4. The Kier molecular flexibility index (Phi) is 6.71. The van der Waals surface area contributed by atoms with Crippen molar-refractivity contribution < 1.29 is 18.1 Å². The Bertz CT molecular complexity index is 1820. The topological polar surface area (TPSA) is 44.7 Å². The molecule has 4 nitrogen and oxygen atoms in total. The van der Waals surface area contributed by atoms with Crippen LogP contribution in [0, 0.1) is 3.57 Å². The van der Waals surface area contributed by atoms with E-state index in [9.17, 15) is 0 Å². The summed E-state index contributed by atoms with van der Waals surface area (Å²) in [5.41, 5.74) is 3.94. The molecule has 2 aromatic heterocycles. The van der Waals surface area contributed by atoms with Gasteiger partial charge in [0.05, 0.1) is 20.1 Å². The predicted octanol–water partition coefficient (Wildman–Crippen LogP) is 9.60. The second kappa shape index (κ2) is 9.66. The zero-order chi connectivity index (χ0) is 26.8. The molecule has 7 rings (SSSR count). The molecule has 1 aliphatic rings. The van der Waals surface area contributed by atoms with Crippen LogP contribution in [0.3, 0.4) is 0 Å². The molecule has 1 saturated heterocycles. The van der Waals surface area contributed by atoms with E-state index in [0.29, 0.717) is 0 Å². The van der Waals surface area contributed by atoms with Crippen molar-refractivity contribution in [2.45, 2.75) is 38.9 Å². The molecule has 3 heterocycles. The normalized spacial score (nSPS) is 16.4. The first-order valence-corrected chi connectivity index (χ1v) is 14.9. The minimum atomic E-state index is -0.360. The SMILES string of the molecule is Brc1cccc2c1oc1ccc(I)cc12.CC1(C)OB(c2ccc3oc4c(Br)cccc4c3c2)OC1(C)C. The molecular weight excluding hydrogens is 722 g/mol. The van der Waals surface area contributed by atoms with Gasteiger partial charge in [-0.15, -0.1) is 0 Å². The Balaban J connectivity index is 0.000000152. The van der Waals surface area contributed by atoms with E-state index in [1.54, 1.807) is 0 Å². The number of hydrogen-bond acceptors (Lipinski definition) is 4. The Labute approximate surface area is 251 Å². The maximum absolute atomic E-state index is 6.15. The number of benzene rings is 4. The van der Waals surface area contributed by atoms with Crippen LogP contribution < -0.4 is 5.46 Å². The minimum Gasteiger partial charge on any atom is -0.455 e. The fraction of sp³-hybridized carbons (Fsp3) is 0.200. The molecule has 0 bridgehead atoms. The summed E-state index contributed by atoms with van der Waals surface area (Å²) in [6.07, 6.45) is 0. The maximum atomic E-state index is 6.15. The van der Waals surface area contributed by atoms with E-state index in [0.717, 1.165) is 52.9 Å². The molecular formula is C30H24BBr2IO4. The lowest BCUT2D eigenvalue weighted by Crippen LogP contribution is -2.41. The van der Waals surface area contributed by atoms with E-state index in [4.69, 9.17) is 18.1 Å². The third kappa shape index (κ3) is 4.52. The van der Waals surface area contributed by atoms with Gasteiger partial charge in [-0.25, -0.2) is 0 Å². The van der Waals surface area contributed by atoms with Gasteiger partial charge in [-0.1, -0.05) is 36.4 Å². The van der Waals surface area contributed by atoms with Gasteiger partial charge in [-0.05, 0) is 124 Å². The standard InChI is InChI=1S/C18H18BBrO3.C12H6BrIO/c1-17(2)18(3,4)23-19(22-17)11-8-9-15-13(10-11)12-6-5-7-14(20)16(12)21-15;13-10-3-1-2-8-9-6-7(14)4-5-11(9)15-12(8)10/h5-10H,1-4H3;1-6H. The summed E-state index contributed by atoms with van der Waals surface area (Å²) in [7, 11) is -0.360. The molecule has 38 heavy (non-hydrogen) atoms. The predicted molar refractivity (Wildman–Crippen MR) is 171 cm³/mol. The Morgan fingerprint density at radius 1 is 0.632 bits per heavy atom. The van der Waals surface area contributed by atoms with Gasteiger partial charge in [-0.2, -0.15) is 0 Å². The first-order chi connectivity index (χ1) is 18.0. The highest BCUT2D eigenvalue weighted by molar-refractivity contribution is 14.1. The zero-order valence-corrected chi connectivity index (χ0v) is 26.6. The number of rotatable bonds is 1. The molecule has 6 aromatic rings. The maximum Gasteiger partial charge on any atom is 0.494 e. The van der Waals surface area contributed by atoms with E-state index in [-0.39, 0.29) is 18.3 Å². The van der Waals surface area contributed by atoms with Crippen LogP contribution in [-0.2, 0) is 9.31 Å². The molecule has 0 aliphatic carbocycles. The van der Waals surface area contributed by atoms with Crippen LogP contribution >= 0.6 is 54.5 Å². The lowest BCUT2D eigenvalue weighted by atomic mass is 9.78. The molecule has 0 spiro atoms. The van der Waals surface area contributed by atoms with Gasteiger partial charge >= 0.3 is 7.12 Å². The summed E-state index contributed by atoms with van der Waals surface area (Å²) >= 11 is 9.36. The van der Waals surface area contributed by atoms with Crippen LogP contribution in [0.4, 0.5) is 0 Å². The number of para-hydroxylation sites is 2. The average Bonchev–Trinajstić information content (AvgIpc) is 3.49. The molecule has 0 radical (unpaired) electrons. The molecule has 1 aliphatic heterocycles. The quantitative estimate of drug-likeness (QED) is 0.124. The number of fused-ring (bicyclic) bond motifs is 6. The fourth-order valence-electron chi connectivity index (χ4n) is 4.64. The zero-order valence-electron chi connectivity index (χ0n) is 21.3. The van der Waals surface area contributed by atoms with Crippen molar-refractivity contribution >= 4 is 111 Å². The summed E-state index contributed by atoms with van der Waals surface area (Å²) < 4.78 is 27.2. The Morgan fingerprint density at radius 3 is 1.68 bits per heavy atom. The fourth-order valence-corrected chi connectivity index (χ4v) is 6.03. The van der Waals surface area contributed by atoms with E-state index in [1.807, 2.05) is 42.5 Å². The van der Waals surface area contributed by atoms with Gasteiger partial charge in [0, 0.05) is 25.1 Å². The van der Waals surface area contributed by atoms with E-state index in [2.05, 4.69) is 112 Å². The van der Waals surface area contributed by atoms with Gasteiger partial charge in [0.1, 0.15) is 22.3 Å². The Morgan fingerprint density at radius 2 is 1.13 bits per heavy atom. The van der Waals surface area contributed by atoms with Crippen LogP contribution in [0.2, 0.25) is 0 Å². The van der Waals surface area contributed by atoms with Crippen LogP contribution in [0.5, 0.6) is 0 Å². The number of halogens is 3. The van der Waals surface area contributed by atoms with Gasteiger partial charge in [0.2, 0.25) is 0 Å². The molecule has 0 saturated carbocycles. The van der Waals surface area contributed by atoms with Crippen LogP contribution in [0.1, 0.15) is 27.7 Å². The second-order valence-corrected chi connectivity index (χ2v) is 13.4. The number of furan rings is 2. The highest BCUT2D eigenvalue weighted by atomic mass is 127. The van der Waals surface area contributed by atoms with E-state index < -0.39 is 0 Å². The second-order valence-electron chi connectivity index (χ2n) is 10.4. The average molecular weight is 746 g/mol. The smallest absolute Gasteiger partial charge is 0.455 e. The minimum absolute atomic E-state index is 0.339. The lowest BCUT2D eigenvalue weighted by Gasteiger charge is -2.32. The van der Waals surface area contributed by atoms with Crippen molar-refractivity contribution in [3.8, 4) is 0 Å². The lowest BCUT2D eigenvalue weighted by molar-refractivity contribution is 0.00578. The number of hydrogen-bond donors (Lipinski definition) is 0. The van der Waals surface area contributed by atoms with Crippen molar-refractivity contribution in [1.82, 2.24) is 0 Å². The summed E-state index contributed by atoms with van der Waals surface area (Å²) in [6.45, 7) is 8.26. The molecule has 192 valence electrons. The highest BCUT2D eigenvalue weighted by Gasteiger charge is 2.51. The third-order valence-electron chi connectivity index (χ3n) is 7.41. The van der Waals surface area contributed by atoms with E-state index >= 15 is 0 Å². The molecule has 4 aromatic carbocycles. The molecule has 0 atom stereocenters. The van der Waals surface area contributed by atoms with Crippen LogP contribution in [0.15, 0.2) is 90.6 Å².